The Morgan fingerprint density at radius 1 is 1.30 bits per heavy atom. The van der Waals surface area contributed by atoms with E-state index in [0.717, 1.165) is 12.3 Å². The third-order valence-corrected chi connectivity index (χ3v) is 2.36. The molecule has 2 heterocycles. The van der Waals surface area contributed by atoms with Crippen LogP contribution in [0.3, 0.4) is 0 Å². The van der Waals surface area contributed by atoms with Gasteiger partial charge in [-0.2, -0.15) is 4.39 Å². The number of nitrogens with zero attached hydrogens (tertiary/aromatic N) is 1. The molecule has 0 bridgehead atoms. The molecule has 0 N–H and O–H groups in total. The van der Waals surface area contributed by atoms with E-state index in [9.17, 15) is 14.0 Å². The Labute approximate surface area is 113 Å². The number of aromatic nitrogens is 1. The maximum atomic E-state index is 12.8. The molecule has 2 aromatic heterocycles. The van der Waals surface area contributed by atoms with Crippen LogP contribution in [-0.4, -0.2) is 24.0 Å². The molecule has 0 aliphatic heterocycles. The molecular weight excluding hydrogens is 269 g/mol. The van der Waals surface area contributed by atoms with E-state index in [1.165, 1.54) is 25.3 Å². The van der Waals surface area contributed by atoms with Crippen LogP contribution in [0.2, 0.25) is 0 Å². The molecule has 0 aliphatic rings. The van der Waals surface area contributed by atoms with Crippen LogP contribution in [0.25, 0.3) is 0 Å². The molecule has 0 saturated carbocycles. The largest absolute Gasteiger partial charge is 0.463 e. The highest BCUT2D eigenvalue weighted by Crippen LogP contribution is 2.11. The van der Waals surface area contributed by atoms with Crippen molar-refractivity contribution in [2.24, 2.45) is 0 Å². The van der Waals surface area contributed by atoms with E-state index in [1.807, 2.05) is 0 Å². The number of ether oxygens (including phenoxy) is 2. The van der Waals surface area contributed by atoms with Gasteiger partial charge in [0.15, 0.2) is 0 Å². The minimum absolute atomic E-state index is 0.00787. The van der Waals surface area contributed by atoms with Crippen molar-refractivity contribution in [1.29, 1.82) is 0 Å². The highest BCUT2D eigenvalue weighted by Gasteiger charge is 2.13. The molecule has 6 nitrogen and oxygen atoms in total. The van der Waals surface area contributed by atoms with Crippen LogP contribution >= 0.6 is 0 Å². The normalized spacial score (nSPS) is 10.1. The summed E-state index contributed by atoms with van der Waals surface area (Å²) in [7, 11) is 1.22. The van der Waals surface area contributed by atoms with E-state index >= 15 is 0 Å². The number of esters is 2. The van der Waals surface area contributed by atoms with Crippen LogP contribution in [0.1, 0.15) is 26.7 Å². The van der Waals surface area contributed by atoms with Gasteiger partial charge in [0.2, 0.25) is 11.7 Å². The molecule has 0 aliphatic carbocycles. The van der Waals surface area contributed by atoms with Gasteiger partial charge in [-0.25, -0.2) is 14.6 Å². The summed E-state index contributed by atoms with van der Waals surface area (Å²) < 4.78 is 27.3. The number of carbonyl (C=O) groups excluding carboxylic acids is 2. The zero-order valence-corrected chi connectivity index (χ0v) is 10.5. The van der Waals surface area contributed by atoms with Gasteiger partial charge in [0.05, 0.1) is 12.7 Å². The first-order valence-corrected chi connectivity index (χ1v) is 5.56. The Bertz CT molecular complexity index is 637. The molecule has 0 fully saturated rings. The number of hydrogen-bond acceptors (Lipinski definition) is 6. The second-order valence-electron chi connectivity index (χ2n) is 3.70. The van der Waals surface area contributed by atoms with Gasteiger partial charge in [0.25, 0.3) is 0 Å². The Morgan fingerprint density at radius 2 is 2.10 bits per heavy atom. The number of furan rings is 1. The van der Waals surface area contributed by atoms with Crippen LogP contribution in [0.5, 0.6) is 0 Å². The van der Waals surface area contributed by atoms with Crippen molar-refractivity contribution >= 4 is 11.9 Å². The van der Waals surface area contributed by atoms with Crippen molar-refractivity contribution in [2.45, 2.75) is 6.61 Å². The van der Waals surface area contributed by atoms with E-state index < -0.39 is 17.9 Å². The first-order valence-electron chi connectivity index (χ1n) is 5.56. The van der Waals surface area contributed by atoms with Gasteiger partial charge < -0.3 is 13.9 Å². The summed E-state index contributed by atoms with van der Waals surface area (Å²) in [5.41, 5.74) is 0.0391. The lowest BCUT2D eigenvalue weighted by molar-refractivity contribution is 0.0437. The Balaban J connectivity index is 1.97. The molecule has 7 heteroatoms. The summed E-state index contributed by atoms with van der Waals surface area (Å²) >= 11 is 0. The maximum absolute atomic E-state index is 12.8. The quantitative estimate of drug-likeness (QED) is 0.628. The summed E-state index contributed by atoms with van der Waals surface area (Å²) in [5, 5.41) is 0. The van der Waals surface area contributed by atoms with Gasteiger partial charge in [-0.3, -0.25) is 0 Å². The second kappa shape index (κ2) is 5.96. The molecular formula is C13H10FNO5. The zero-order valence-electron chi connectivity index (χ0n) is 10.5. The molecule has 20 heavy (non-hydrogen) atoms. The molecule has 104 valence electrons. The molecule has 0 unspecified atom stereocenters. The predicted molar refractivity (Wildman–Crippen MR) is 63.4 cm³/mol. The number of pyridine rings is 1. The Kier molecular flexibility index (Phi) is 4.09. The van der Waals surface area contributed by atoms with Crippen molar-refractivity contribution in [3.05, 3.63) is 53.5 Å². The van der Waals surface area contributed by atoms with E-state index in [-0.39, 0.29) is 23.7 Å². The number of carbonyl (C=O) groups is 2. The van der Waals surface area contributed by atoms with Crippen molar-refractivity contribution < 1.29 is 27.9 Å². The van der Waals surface area contributed by atoms with Crippen molar-refractivity contribution in [1.82, 2.24) is 4.98 Å². The predicted octanol–water partition coefficient (Wildman–Crippen LogP) is 1.96. The maximum Gasteiger partial charge on any atom is 0.373 e. The Morgan fingerprint density at radius 3 is 2.80 bits per heavy atom. The van der Waals surface area contributed by atoms with Gasteiger partial charge in [0, 0.05) is 12.3 Å². The molecule has 2 aromatic rings. The van der Waals surface area contributed by atoms with E-state index in [0.29, 0.717) is 0 Å². The molecule has 0 saturated heterocycles. The molecule has 0 radical (unpaired) electrons. The minimum Gasteiger partial charge on any atom is -0.463 e. The molecule has 0 aromatic carbocycles. The highest BCUT2D eigenvalue weighted by atomic mass is 19.1. The number of halogens is 1. The van der Waals surface area contributed by atoms with Gasteiger partial charge >= 0.3 is 11.9 Å². The van der Waals surface area contributed by atoms with Crippen molar-refractivity contribution in [3.8, 4) is 0 Å². The number of methoxy groups -OCH3 is 1. The zero-order chi connectivity index (χ0) is 14.5. The second-order valence-corrected chi connectivity index (χ2v) is 3.70. The van der Waals surface area contributed by atoms with Gasteiger partial charge in [-0.05, 0) is 18.2 Å². The standard InChI is InChI=1S/C13H10FNO5/c1-18-13(17)10-3-2-9(20-10)7-19-12(16)8-4-5-15-11(14)6-8/h2-6H,7H2,1H3. The monoisotopic (exact) mass is 279 g/mol. The lowest BCUT2D eigenvalue weighted by Gasteiger charge is -2.02. The smallest absolute Gasteiger partial charge is 0.373 e. The molecule has 2 rings (SSSR count). The van der Waals surface area contributed by atoms with Gasteiger partial charge in [-0.15, -0.1) is 0 Å². The van der Waals surface area contributed by atoms with E-state index in [4.69, 9.17) is 9.15 Å². The number of hydrogen-bond donors (Lipinski definition) is 0. The van der Waals surface area contributed by atoms with Gasteiger partial charge in [0.1, 0.15) is 12.4 Å². The van der Waals surface area contributed by atoms with Crippen LogP contribution in [0.4, 0.5) is 4.39 Å². The Hall–Kier alpha value is -2.70. The summed E-state index contributed by atoms with van der Waals surface area (Å²) in [4.78, 5) is 26.1. The van der Waals surface area contributed by atoms with E-state index in [2.05, 4.69) is 9.72 Å². The summed E-state index contributed by atoms with van der Waals surface area (Å²) in [5.74, 6) is -1.84. The highest BCUT2D eigenvalue weighted by molar-refractivity contribution is 5.89. The van der Waals surface area contributed by atoms with Crippen molar-refractivity contribution in [2.75, 3.05) is 7.11 Å². The third kappa shape index (κ3) is 3.19. The summed E-state index contributed by atoms with van der Waals surface area (Å²) in [6, 6.07) is 5.17. The number of rotatable bonds is 4. The lowest BCUT2D eigenvalue weighted by atomic mass is 10.3. The fourth-order valence-corrected chi connectivity index (χ4v) is 1.42. The average Bonchev–Trinajstić information content (AvgIpc) is 2.92. The summed E-state index contributed by atoms with van der Waals surface area (Å²) in [6.45, 7) is -0.181. The third-order valence-electron chi connectivity index (χ3n) is 2.36. The fraction of sp³-hybridized carbons (Fsp3) is 0.154. The van der Waals surface area contributed by atoms with E-state index in [1.54, 1.807) is 0 Å². The lowest BCUT2D eigenvalue weighted by Crippen LogP contribution is -2.05. The molecule has 0 spiro atoms. The average molecular weight is 279 g/mol. The molecule has 0 amide bonds. The van der Waals surface area contributed by atoms with Gasteiger partial charge in [-0.1, -0.05) is 0 Å². The fourth-order valence-electron chi connectivity index (χ4n) is 1.42. The van der Waals surface area contributed by atoms with Crippen LogP contribution < -0.4 is 0 Å². The first kappa shape index (κ1) is 13.7. The summed E-state index contributed by atoms with van der Waals surface area (Å²) in [6.07, 6.45) is 1.16. The molecule has 0 atom stereocenters. The van der Waals surface area contributed by atoms with Crippen LogP contribution in [0.15, 0.2) is 34.9 Å². The van der Waals surface area contributed by atoms with Crippen molar-refractivity contribution in [3.63, 3.8) is 0 Å². The SMILES string of the molecule is COC(=O)c1ccc(COC(=O)c2ccnc(F)c2)o1. The van der Waals surface area contributed by atoms with Crippen LogP contribution in [0, 0.1) is 5.95 Å². The van der Waals surface area contributed by atoms with Crippen LogP contribution in [-0.2, 0) is 16.1 Å². The first-order chi connectivity index (χ1) is 9.60. The topological polar surface area (TPSA) is 78.6 Å². The minimum atomic E-state index is -0.773.